The van der Waals surface area contributed by atoms with Crippen LogP contribution in [0.2, 0.25) is 5.02 Å². The number of hydrogen-bond acceptors (Lipinski definition) is 2. The molecule has 0 bridgehead atoms. The Kier molecular flexibility index (Phi) is 3.01. The summed E-state index contributed by atoms with van der Waals surface area (Å²) in [5.74, 6) is 2.90. The Morgan fingerprint density at radius 2 is 2.58 bits per heavy atom. The van der Waals surface area contributed by atoms with Crippen molar-refractivity contribution in [3.63, 3.8) is 0 Å². The summed E-state index contributed by atoms with van der Waals surface area (Å²) >= 11 is 5.78. The highest BCUT2D eigenvalue weighted by Gasteiger charge is 2.07. The van der Waals surface area contributed by atoms with Gasteiger partial charge in [-0.1, -0.05) is 17.5 Å². The topological polar surface area (TPSA) is 27.1 Å². The van der Waals surface area contributed by atoms with Crippen LogP contribution in [0.4, 0.5) is 0 Å². The molecule has 64 valence electrons. The zero-order valence-electron chi connectivity index (χ0n) is 6.75. The Hall–Kier alpha value is -1.14. The predicted octanol–water partition coefficient (Wildman–Crippen LogP) is 1.57. The molecule has 3 nitrogen and oxygen atoms in total. The molecule has 0 atom stereocenters. The smallest absolute Gasteiger partial charge is 0.232 e. The van der Waals surface area contributed by atoms with Crippen molar-refractivity contribution in [1.82, 2.24) is 9.78 Å². The molecule has 0 saturated heterocycles. The van der Waals surface area contributed by atoms with Crippen LogP contribution in [-0.4, -0.2) is 16.4 Å². The van der Waals surface area contributed by atoms with Crippen LogP contribution < -0.4 is 4.74 Å². The van der Waals surface area contributed by atoms with E-state index >= 15 is 0 Å². The summed E-state index contributed by atoms with van der Waals surface area (Å²) in [4.78, 5) is 0. The van der Waals surface area contributed by atoms with Crippen molar-refractivity contribution in [1.29, 1.82) is 0 Å². The van der Waals surface area contributed by atoms with Crippen LogP contribution in [0.3, 0.4) is 0 Å². The molecule has 0 radical (unpaired) electrons. The Bertz CT molecular complexity index is 300. The van der Waals surface area contributed by atoms with Gasteiger partial charge in [-0.2, -0.15) is 5.10 Å². The summed E-state index contributed by atoms with van der Waals surface area (Å²) in [5.41, 5.74) is 0. The van der Waals surface area contributed by atoms with Gasteiger partial charge in [0.25, 0.3) is 0 Å². The summed E-state index contributed by atoms with van der Waals surface area (Å²) in [6, 6.07) is 0. The maximum absolute atomic E-state index is 5.78. The second-order valence-corrected chi connectivity index (χ2v) is 2.51. The lowest BCUT2D eigenvalue weighted by Crippen LogP contribution is -2.03. The van der Waals surface area contributed by atoms with Gasteiger partial charge in [-0.25, -0.2) is 4.68 Å². The second kappa shape index (κ2) is 4.03. The van der Waals surface area contributed by atoms with Gasteiger partial charge < -0.3 is 4.74 Å². The van der Waals surface area contributed by atoms with E-state index in [1.54, 1.807) is 4.68 Å². The predicted molar refractivity (Wildman–Crippen MR) is 47.2 cm³/mol. The van der Waals surface area contributed by atoms with Crippen LogP contribution in [0.1, 0.15) is 6.92 Å². The van der Waals surface area contributed by atoms with Crippen LogP contribution in [0.25, 0.3) is 0 Å². The van der Waals surface area contributed by atoms with Crippen LogP contribution in [0, 0.1) is 12.3 Å². The Morgan fingerprint density at radius 3 is 3.17 bits per heavy atom. The van der Waals surface area contributed by atoms with Gasteiger partial charge in [-0.05, 0) is 6.92 Å². The standard InChI is InChI=1S/C8H9ClN2O/c1-3-5-12-8-7(9)6-10-11(8)4-2/h1,6H,4-5H2,2H3. The SMILES string of the molecule is C#CCOc1c(Cl)cnn1CC. The molecule has 0 amide bonds. The van der Waals surface area contributed by atoms with Gasteiger partial charge in [0.1, 0.15) is 5.02 Å². The number of rotatable bonds is 3. The first-order chi connectivity index (χ1) is 5.79. The molecule has 0 unspecified atom stereocenters. The van der Waals surface area contributed by atoms with E-state index in [1.807, 2.05) is 6.92 Å². The lowest BCUT2D eigenvalue weighted by molar-refractivity contribution is 0.328. The Labute approximate surface area is 76.3 Å². The molecule has 0 aromatic carbocycles. The number of ether oxygens (including phenoxy) is 1. The minimum absolute atomic E-state index is 0.214. The van der Waals surface area contributed by atoms with Crippen molar-refractivity contribution in [3.05, 3.63) is 11.2 Å². The lowest BCUT2D eigenvalue weighted by atomic mass is 10.6. The van der Waals surface area contributed by atoms with Gasteiger partial charge >= 0.3 is 0 Å². The van der Waals surface area contributed by atoms with Crippen molar-refractivity contribution in [3.8, 4) is 18.2 Å². The van der Waals surface area contributed by atoms with Crippen molar-refractivity contribution >= 4 is 11.6 Å². The molecule has 4 heteroatoms. The first kappa shape index (κ1) is 8.95. The highest BCUT2D eigenvalue weighted by molar-refractivity contribution is 6.31. The average Bonchev–Trinajstić information content (AvgIpc) is 2.43. The Morgan fingerprint density at radius 1 is 1.83 bits per heavy atom. The fourth-order valence-electron chi connectivity index (χ4n) is 0.830. The monoisotopic (exact) mass is 184 g/mol. The third kappa shape index (κ3) is 1.72. The molecule has 0 N–H and O–H groups in total. The molecule has 0 aliphatic heterocycles. The fourth-order valence-corrected chi connectivity index (χ4v) is 1.03. The summed E-state index contributed by atoms with van der Waals surface area (Å²) < 4.78 is 6.83. The maximum atomic E-state index is 5.78. The van der Waals surface area contributed by atoms with Crippen molar-refractivity contribution < 1.29 is 4.74 Å². The molecule has 1 rings (SSSR count). The van der Waals surface area contributed by atoms with Crippen molar-refractivity contribution in [2.24, 2.45) is 0 Å². The number of aryl methyl sites for hydroxylation is 1. The number of halogens is 1. The molecule has 1 aromatic rings. The van der Waals surface area contributed by atoms with Crippen LogP contribution in [0.15, 0.2) is 6.20 Å². The number of terminal acetylenes is 1. The van der Waals surface area contributed by atoms with Gasteiger partial charge in [0.15, 0.2) is 6.61 Å². The van der Waals surface area contributed by atoms with Gasteiger partial charge in [0, 0.05) is 6.54 Å². The van der Waals surface area contributed by atoms with E-state index in [0.717, 1.165) is 0 Å². The fraction of sp³-hybridized carbons (Fsp3) is 0.375. The molecule has 0 fully saturated rings. The van der Waals surface area contributed by atoms with E-state index in [4.69, 9.17) is 22.8 Å². The van der Waals surface area contributed by atoms with E-state index in [-0.39, 0.29) is 6.61 Å². The average molecular weight is 185 g/mol. The molecule has 1 aromatic heterocycles. The molecule has 0 aliphatic rings. The summed E-state index contributed by atoms with van der Waals surface area (Å²) in [7, 11) is 0. The van der Waals surface area contributed by atoms with E-state index in [1.165, 1.54) is 6.20 Å². The van der Waals surface area contributed by atoms with Gasteiger partial charge in [0.2, 0.25) is 5.88 Å². The first-order valence-corrected chi connectivity index (χ1v) is 3.95. The van der Waals surface area contributed by atoms with Crippen LogP contribution >= 0.6 is 11.6 Å². The van der Waals surface area contributed by atoms with E-state index in [9.17, 15) is 0 Å². The largest absolute Gasteiger partial charge is 0.464 e. The zero-order chi connectivity index (χ0) is 8.97. The molecule has 0 saturated carbocycles. The molecule has 0 spiro atoms. The number of hydrogen-bond donors (Lipinski definition) is 0. The van der Waals surface area contributed by atoms with Crippen molar-refractivity contribution in [2.75, 3.05) is 6.61 Å². The molecule has 12 heavy (non-hydrogen) atoms. The van der Waals surface area contributed by atoms with E-state index in [0.29, 0.717) is 17.4 Å². The molecular formula is C8H9ClN2O. The molecule has 0 aliphatic carbocycles. The Balaban J connectivity index is 2.81. The summed E-state index contributed by atoms with van der Waals surface area (Å²) in [6.07, 6.45) is 6.58. The van der Waals surface area contributed by atoms with Gasteiger partial charge in [0.05, 0.1) is 6.20 Å². The van der Waals surface area contributed by atoms with Crippen LogP contribution in [0.5, 0.6) is 5.88 Å². The highest BCUT2D eigenvalue weighted by Crippen LogP contribution is 2.23. The zero-order valence-corrected chi connectivity index (χ0v) is 7.51. The normalized spacial score (nSPS) is 9.42. The quantitative estimate of drug-likeness (QED) is 0.667. The van der Waals surface area contributed by atoms with E-state index in [2.05, 4.69) is 11.0 Å². The first-order valence-electron chi connectivity index (χ1n) is 3.57. The summed E-state index contributed by atoms with van der Waals surface area (Å²) in [6.45, 7) is 2.88. The lowest BCUT2D eigenvalue weighted by Gasteiger charge is -2.04. The molecule has 1 heterocycles. The summed E-state index contributed by atoms with van der Waals surface area (Å²) in [5, 5.41) is 4.47. The highest BCUT2D eigenvalue weighted by atomic mass is 35.5. The van der Waals surface area contributed by atoms with Gasteiger partial charge in [-0.3, -0.25) is 0 Å². The minimum Gasteiger partial charge on any atom is -0.464 e. The third-order valence-electron chi connectivity index (χ3n) is 1.34. The molecular weight excluding hydrogens is 176 g/mol. The number of nitrogens with zero attached hydrogens (tertiary/aromatic N) is 2. The minimum atomic E-state index is 0.214. The van der Waals surface area contributed by atoms with E-state index < -0.39 is 0 Å². The number of aromatic nitrogens is 2. The van der Waals surface area contributed by atoms with Gasteiger partial charge in [-0.15, -0.1) is 6.42 Å². The maximum Gasteiger partial charge on any atom is 0.232 e. The van der Waals surface area contributed by atoms with Crippen molar-refractivity contribution in [2.45, 2.75) is 13.5 Å². The third-order valence-corrected chi connectivity index (χ3v) is 1.60. The van der Waals surface area contributed by atoms with Crippen LogP contribution in [-0.2, 0) is 6.54 Å². The second-order valence-electron chi connectivity index (χ2n) is 2.11.